The Morgan fingerprint density at radius 2 is 2.11 bits per heavy atom. The summed E-state index contributed by atoms with van der Waals surface area (Å²) >= 11 is 1.43. The third-order valence-electron chi connectivity index (χ3n) is 4.03. The maximum atomic E-state index is 12.4. The highest BCUT2D eigenvalue weighted by atomic mass is 32.2. The van der Waals surface area contributed by atoms with Gasteiger partial charge in [0.1, 0.15) is 17.1 Å². The van der Waals surface area contributed by atoms with Crippen LogP contribution in [0, 0.1) is 0 Å². The van der Waals surface area contributed by atoms with E-state index in [4.69, 9.17) is 14.1 Å². The highest BCUT2D eigenvalue weighted by Gasteiger charge is 2.38. The summed E-state index contributed by atoms with van der Waals surface area (Å²) in [5.74, 6) is -0.538. The van der Waals surface area contributed by atoms with Gasteiger partial charge >= 0.3 is 19.2 Å². The molecule has 1 N–H and O–H groups in total. The van der Waals surface area contributed by atoms with Gasteiger partial charge in [-0.25, -0.2) is 9.59 Å². The Bertz CT molecular complexity index is 726. The lowest BCUT2D eigenvalue weighted by molar-refractivity contribution is -0.116. The predicted molar refractivity (Wildman–Crippen MR) is 103 cm³/mol. The SMILES string of the molecule is CCOC(=O)OC(C)OC(=O)c1cccc2c1OB(O)[C@@H](CC(=O)CSC)C2. The van der Waals surface area contributed by atoms with Crippen LogP contribution in [0.4, 0.5) is 4.79 Å². The third-order valence-corrected chi connectivity index (χ3v) is 4.64. The van der Waals surface area contributed by atoms with Gasteiger partial charge in [-0.15, -0.1) is 0 Å². The Hall–Kier alpha value is -2.20. The molecule has 0 radical (unpaired) electrons. The zero-order valence-corrected chi connectivity index (χ0v) is 16.8. The Kier molecular flexibility index (Phi) is 8.19. The van der Waals surface area contributed by atoms with Crippen molar-refractivity contribution in [2.45, 2.75) is 38.8 Å². The number of benzene rings is 1. The first kappa shape index (κ1) is 22.1. The number of thioether (sulfide) groups is 1. The second kappa shape index (κ2) is 10.4. The number of para-hydroxylation sites is 1. The number of ketones is 1. The minimum atomic E-state index is -1.21. The van der Waals surface area contributed by atoms with Crippen LogP contribution in [0.15, 0.2) is 18.2 Å². The second-order valence-corrected chi connectivity index (χ2v) is 7.08. The molecule has 28 heavy (non-hydrogen) atoms. The lowest BCUT2D eigenvalue weighted by Gasteiger charge is -2.28. The molecule has 0 amide bonds. The van der Waals surface area contributed by atoms with Gasteiger partial charge in [0.05, 0.1) is 12.4 Å². The van der Waals surface area contributed by atoms with Crippen molar-refractivity contribution in [2.24, 2.45) is 0 Å². The molecule has 0 saturated carbocycles. The van der Waals surface area contributed by atoms with Crippen molar-refractivity contribution in [1.82, 2.24) is 0 Å². The quantitative estimate of drug-likeness (QED) is 0.393. The molecule has 0 bridgehead atoms. The average molecular weight is 410 g/mol. The Morgan fingerprint density at radius 3 is 2.79 bits per heavy atom. The summed E-state index contributed by atoms with van der Waals surface area (Å²) in [5, 5.41) is 10.3. The summed E-state index contributed by atoms with van der Waals surface area (Å²) in [6.45, 7) is 3.14. The van der Waals surface area contributed by atoms with Gasteiger partial charge in [-0.2, -0.15) is 11.8 Å². The van der Waals surface area contributed by atoms with Crippen LogP contribution in [-0.4, -0.2) is 55.0 Å². The molecule has 1 heterocycles. The highest BCUT2D eigenvalue weighted by Crippen LogP contribution is 2.36. The summed E-state index contributed by atoms with van der Waals surface area (Å²) in [6, 6.07) is 4.92. The Balaban J connectivity index is 2.08. The molecule has 152 valence electrons. The van der Waals surface area contributed by atoms with E-state index in [1.54, 1.807) is 19.1 Å². The number of carbonyl (C=O) groups excluding carboxylic acids is 3. The number of hydrogen-bond acceptors (Lipinski definition) is 9. The van der Waals surface area contributed by atoms with Gasteiger partial charge in [-0.1, -0.05) is 12.1 Å². The molecule has 2 rings (SSSR count). The Labute approximate surface area is 168 Å². The molecule has 8 nitrogen and oxygen atoms in total. The third kappa shape index (κ3) is 5.90. The number of fused-ring (bicyclic) bond motifs is 1. The van der Waals surface area contributed by atoms with Crippen LogP contribution < -0.4 is 4.65 Å². The molecule has 0 spiro atoms. The molecule has 1 aromatic carbocycles. The molecule has 10 heteroatoms. The molecule has 2 atom stereocenters. The van der Waals surface area contributed by atoms with Crippen LogP contribution in [0.3, 0.4) is 0 Å². The van der Waals surface area contributed by atoms with Crippen LogP contribution >= 0.6 is 11.8 Å². The normalized spacial score (nSPS) is 16.4. The minimum absolute atomic E-state index is 0.0316. The smallest absolute Gasteiger partial charge is 0.526 e. The largest absolute Gasteiger partial charge is 0.535 e. The molecular formula is C18H23BO8S. The highest BCUT2D eigenvalue weighted by molar-refractivity contribution is 7.99. The summed E-state index contributed by atoms with van der Waals surface area (Å²) in [4.78, 5) is 35.6. The zero-order valence-electron chi connectivity index (χ0n) is 16.0. The molecule has 1 unspecified atom stereocenters. The number of Topliss-reactive ketones (excluding diaryl/α,β-unsaturated/α-hetero) is 1. The predicted octanol–water partition coefficient (Wildman–Crippen LogP) is 2.47. The van der Waals surface area contributed by atoms with E-state index < -0.39 is 25.5 Å². The van der Waals surface area contributed by atoms with Gasteiger partial charge in [0, 0.05) is 19.2 Å². The van der Waals surface area contributed by atoms with Gasteiger partial charge in [-0.3, -0.25) is 4.79 Å². The van der Waals surface area contributed by atoms with Crippen molar-refractivity contribution < 1.29 is 38.3 Å². The van der Waals surface area contributed by atoms with E-state index in [9.17, 15) is 19.4 Å². The number of ether oxygens (including phenoxy) is 3. The first-order chi connectivity index (χ1) is 13.3. The van der Waals surface area contributed by atoms with Crippen LogP contribution in [0.1, 0.15) is 36.2 Å². The monoisotopic (exact) mass is 410 g/mol. The minimum Gasteiger partial charge on any atom is -0.535 e. The van der Waals surface area contributed by atoms with E-state index >= 15 is 0 Å². The summed E-state index contributed by atoms with van der Waals surface area (Å²) in [7, 11) is -1.21. The lowest BCUT2D eigenvalue weighted by Crippen LogP contribution is -2.36. The number of rotatable bonds is 8. The topological polar surface area (TPSA) is 108 Å². The molecule has 0 aliphatic carbocycles. The van der Waals surface area contributed by atoms with Crippen molar-refractivity contribution in [3.05, 3.63) is 29.3 Å². The fourth-order valence-electron chi connectivity index (χ4n) is 2.86. The molecule has 1 aromatic rings. The number of esters is 1. The van der Waals surface area contributed by atoms with Gasteiger partial charge < -0.3 is 23.9 Å². The lowest BCUT2D eigenvalue weighted by atomic mass is 9.64. The average Bonchev–Trinajstić information content (AvgIpc) is 2.62. The fraction of sp³-hybridized carbons (Fsp3) is 0.500. The fourth-order valence-corrected chi connectivity index (χ4v) is 3.30. The number of hydrogen-bond donors (Lipinski definition) is 1. The summed E-state index contributed by atoms with van der Waals surface area (Å²) in [5.41, 5.74) is 0.797. The van der Waals surface area contributed by atoms with Gasteiger partial charge in [-0.05, 0) is 31.2 Å². The Morgan fingerprint density at radius 1 is 1.36 bits per heavy atom. The van der Waals surface area contributed by atoms with Gasteiger partial charge in [0.2, 0.25) is 6.29 Å². The molecular weight excluding hydrogens is 387 g/mol. The van der Waals surface area contributed by atoms with Crippen LogP contribution in [0.2, 0.25) is 5.82 Å². The van der Waals surface area contributed by atoms with Crippen molar-refractivity contribution in [3.8, 4) is 5.75 Å². The van der Waals surface area contributed by atoms with Crippen LogP contribution in [0.25, 0.3) is 0 Å². The van der Waals surface area contributed by atoms with Gasteiger partial charge in [0.15, 0.2) is 0 Å². The molecule has 0 fully saturated rings. The van der Waals surface area contributed by atoms with E-state index in [-0.39, 0.29) is 35.9 Å². The van der Waals surface area contributed by atoms with Crippen molar-refractivity contribution >= 4 is 36.8 Å². The van der Waals surface area contributed by atoms with Crippen LogP contribution in [0.5, 0.6) is 5.75 Å². The zero-order chi connectivity index (χ0) is 20.7. The van der Waals surface area contributed by atoms with Crippen molar-refractivity contribution in [2.75, 3.05) is 18.6 Å². The molecule has 1 aliphatic rings. The van der Waals surface area contributed by atoms with E-state index in [0.717, 1.165) is 0 Å². The number of carbonyl (C=O) groups is 3. The maximum absolute atomic E-state index is 12.4. The van der Waals surface area contributed by atoms with Crippen LogP contribution in [-0.2, 0) is 25.4 Å². The summed E-state index contributed by atoms with van der Waals surface area (Å²) < 4.78 is 20.1. The molecule has 0 saturated heterocycles. The van der Waals surface area contributed by atoms with Gasteiger partial charge in [0.25, 0.3) is 0 Å². The molecule has 0 aromatic heterocycles. The van der Waals surface area contributed by atoms with E-state index in [2.05, 4.69) is 4.74 Å². The van der Waals surface area contributed by atoms with Crippen molar-refractivity contribution in [3.63, 3.8) is 0 Å². The molecule has 1 aliphatic heterocycles. The first-order valence-corrected chi connectivity index (χ1v) is 10.3. The first-order valence-electron chi connectivity index (χ1n) is 8.87. The van der Waals surface area contributed by atoms with E-state index in [1.165, 1.54) is 24.8 Å². The summed E-state index contributed by atoms with van der Waals surface area (Å²) in [6.07, 6.45) is 0.328. The standard InChI is InChI=1S/C18H23BO8S/c1-4-24-18(22)26-11(2)25-17(21)15-7-5-6-12-8-13(9-14(20)10-28-3)19(23)27-16(12)15/h5-7,11,13,23H,4,8-10H2,1-3H3/t11?,13-/m1/s1. The van der Waals surface area contributed by atoms with Crippen molar-refractivity contribution in [1.29, 1.82) is 0 Å². The maximum Gasteiger partial charge on any atom is 0.526 e. The van der Waals surface area contributed by atoms with E-state index in [1.807, 2.05) is 6.26 Å². The second-order valence-electron chi connectivity index (χ2n) is 6.22. The van der Waals surface area contributed by atoms with E-state index in [0.29, 0.717) is 17.7 Å².